The van der Waals surface area contributed by atoms with Gasteiger partial charge in [0.1, 0.15) is 0 Å². The number of aliphatic hydroxyl groups is 1. The lowest BCUT2D eigenvalue weighted by Gasteiger charge is -2.44. The third-order valence-corrected chi connectivity index (χ3v) is 4.37. The minimum atomic E-state index is -0.119. The van der Waals surface area contributed by atoms with Gasteiger partial charge in [0.15, 0.2) is 0 Å². The Balaban J connectivity index is 1.73. The standard InChI is InChI=1S/C15H21NO/c17-15-10-12-7-4-8-14(16-12)13(15)9-11-5-2-1-3-6-11/h1-3,5-6,12-17H,4,7-10H2. The first kappa shape index (κ1) is 11.2. The van der Waals surface area contributed by atoms with Gasteiger partial charge in [-0.25, -0.2) is 0 Å². The second-order valence-electron chi connectivity index (χ2n) is 5.56. The van der Waals surface area contributed by atoms with E-state index >= 15 is 0 Å². The number of rotatable bonds is 2. The van der Waals surface area contributed by atoms with Crippen LogP contribution in [0.25, 0.3) is 0 Å². The van der Waals surface area contributed by atoms with Crippen LogP contribution < -0.4 is 5.32 Å². The van der Waals surface area contributed by atoms with Crippen molar-refractivity contribution >= 4 is 0 Å². The van der Waals surface area contributed by atoms with Gasteiger partial charge < -0.3 is 10.4 Å². The zero-order chi connectivity index (χ0) is 11.7. The molecule has 2 heterocycles. The van der Waals surface area contributed by atoms with Gasteiger partial charge in [-0.1, -0.05) is 36.8 Å². The molecule has 0 spiro atoms. The Labute approximate surface area is 103 Å². The van der Waals surface area contributed by atoms with Crippen LogP contribution in [0.5, 0.6) is 0 Å². The predicted octanol–water partition coefficient (Wildman–Crippen LogP) is 2.12. The molecule has 2 N–H and O–H groups in total. The van der Waals surface area contributed by atoms with Crippen LogP contribution in [0.4, 0.5) is 0 Å². The fraction of sp³-hybridized carbons (Fsp3) is 0.600. The minimum Gasteiger partial charge on any atom is -0.393 e. The normalized spacial score (nSPS) is 36.8. The molecule has 17 heavy (non-hydrogen) atoms. The Morgan fingerprint density at radius 3 is 2.82 bits per heavy atom. The van der Waals surface area contributed by atoms with Crippen molar-refractivity contribution < 1.29 is 5.11 Å². The van der Waals surface area contributed by atoms with Crippen molar-refractivity contribution in [2.75, 3.05) is 0 Å². The molecule has 2 aliphatic heterocycles. The van der Waals surface area contributed by atoms with E-state index in [4.69, 9.17) is 0 Å². The zero-order valence-electron chi connectivity index (χ0n) is 10.2. The van der Waals surface area contributed by atoms with Crippen LogP contribution >= 0.6 is 0 Å². The molecule has 92 valence electrons. The summed E-state index contributed by atoms with van der Waals surface area (Å²) in [5, 5.41) is 14.0. The van der Waals surface area contributed by atoms with Crippen molar-refractivity contribution in [3.8, 4) is 0 Å². The first-order valence-electron chi connectivity index (χ1n) is 6.81. The van der Waals surface area contributed by atoms with Gasteiger partial charge in [0.05, 0.1) is 6.10 Å². The van der Waals surface area contributed by atoms with Gasteiger partial charge in [0, 0.05) is 18.0 Å². The molecular weight excluding hydrogens is 210 g/mol. The maximum Gasteiger partial charge on any atom is 0.0601 e. The fourth-order valence-corrected chi connectivity index (χ4v) is 3.48. The van der Waals surface area contributed by atoms with Crippen molar-refractivity contribution in [1.29, 1.82) is 0 Å². The summed E-state index contributed by atoms with van der Waals surface area (Å²) in [6.07, 6.45) is 5.61. The molecule has 1 aromatic rings. The third kappa shape index (κ3) is 2.38. The summed E-state index contributed by atoms with van der Waals surface area (Å²) >= 11 is 0. The summed E-state index contributed by atoms with van der Waals surface area (Å²) in [5.74, 6) is 0.397. The quantitative estimate of drug-likeness (QED) is 0.817. The van der Waals surface area contributed by atoms with Crippen LogP contribution in [-0.2, 0) is 6.42 Å². The van der Waals surface area contributed by atoms with Crippen LogP contribution in [0.15, 0.2) is 30.3 Å². The summed E-state index contributed by atoms with van der Waals surface area (Å²) in [6, 6.07) is 11.6. The molecule has 2 fully saturated rings. The smallest absolute Gasteiger partial charge is 0.0601 e. The first-order valence-corrected chi connectivity index (χ1v) is 6.81. The van der Waals surface area contributed by atoms with E-state index in [9.17, 15) is 5.11 Å². The number of nitrogens with one attached hydrogen (secondary N) is 1. The van der Waals surface area contributed by atoms with Crippen molar-refractivity contribution in [2.45, 2.75) is 50.3 Å². The molecule has 2 nitrogen and oxygen atoms in total. The van der Waals surface area contributed by atoms with Crippen molar-refractivity contribution in [3.05, 3.63) is 35.9 Å². The van der Waals surface area contributed by atoms with E-state index in [1.165, 1.54) is 24.8 Å². The second-order valence-corrected chi connectivity index (χ2v) is 5.56. The lowest BCUT2D eigenvalue weighted by molar-refractivity contribution is 0.0146. The highest BCUT2D eigenvalue weighted by Gasteiger charge is 2.38. The van der Waals surface area contributed by atoms with Crippen LogP contribution in [0.2, 0.25) is 0 Å². The highest BCUT2D eigenvalue weighted by atomic mass is 16.3. The molecular formula is C15H21NO. The molecule has 0 radical (unpaired) electrons. The Morgan fingerprint density at radius 2 is 2.00 bits per heavy atom. The summed E-state index contributed by atoms with van der Waals surface area (Å²) in [6.45, 7) is 0. The average molecular weight is 231 g/mol. The molecule has 1 aromatic carbocycles. The lowest BCUT2D eigenvalue weighted by Crippen LogP contribution is -2.56. The van der Waals surface area contributed by atoms with E-state index in [0.29, 0.717) is 18.0 Å². The highest BCUT2D eigenvalue weighted by molar-refractivity contribution is 5.16. The van der Waals surface area contributed by atoms with Crippen LogP contribution in [0.3, 0.4) is 0 Å². The summed E-state index contributed by atoms with van der Waals surface area (Å²) in [4.78, 5) is 0. The van der Waals surface area contributed by atoms with E-state index in [0.717, 1.165) is 12.8 Å². The molecule has 2 bridgehead atoms. The number of hydrogen-bond donors (Lipinski definition) is 2. The largest absolute Gasteiger partial charge is 0.393 e. The molecule has 2 heteroatoms. The van der Waals surface area contributed by atoms with E-state index in [1.807, 2.05) is 0 Å². The highest BCUT2D eigenvalue weighted by Crippen LogP contribution is 2.32. The Morgan fingerprint density at radius 1 is 1.18 bits per heavy atom. The Hall–Kier alpha value is -0.860. The number of benzene rings is 1. The lowest BCUT2D eigenvalue weighted by atomic mass is 9.75. The second kappa shape index (κ2) is 4.79. The zero-order valence-corrected chi connectivity index (χ0v) is 10.2. The SMILES string of the molecule is OC1CC2CCCC(N2)C1Cc1ccccc1. The van der Waals surface area contributed by atoms with Crippen LogP contribution in [0, 0.1) is 5.92 Å². The summed E-state index contributed by atoms with van der Waals surface area (Å²) in [5.41, 5.74) is 1.35. The van der Waals surface area contributed by atoms with E-state index in [-0.39, 0.29) is 6.10 Å². The average Bonchev–Trinajstić information content (AvgIpc) is 2.36. The molecule has 3 rings (SSSR count). The molecule has 2 saturated heterocycles. The third-order valence-electron chi connectivity index (χ3n) is 4.37. The van der Waals surface area contributed by atoms with Crippen molar-refractivity contribution in [3.63, 3.8) is 0 Å². The van der Waals surface area contributed by atoms with Crippen LogP contribution in [0.1, 0.15) is 31.2 Å². The van der Waals surface area contributed by atoms with Crippen molar-refractivity contribution in [1.82, 2.24) is 5.32 Å². The minimum absolute atomic E-state index is 0.119. The van der Waals surface area contributed by atoms with Crippen molar-refractivity contribution in [2.24, 2.45) is 5.92 Å². The topological polar surface area (TPSA) is 32.3 Å². The van der Waals surface area contributed by atoms with E-state index < -0.39 is 0 Å². The van der Waals surface area contributed by atoms with Gasteiger partial charge in [-0.2, -0.15) is 0 Å². The summed E-state index contributed by atoms with van der Waals surface area (Å²) in [7, 11) is 0. The van der Waals surface area contributed by atoms with Gasteiger partial charge in [0.25, 0.3) is 0 Å². The number of hydrogen-bond acceptors (Lipinski definition) is 2. The first-order chi connectivity index (χ1) is 8.33. The number of fused-ring (bicyclic) bond motifs is 2. The van der Waals surface area contributed by atoms with Crippen LogP contribution in [-0.4, -0.2) is 23.3 Å². The molecule has 0 aromatic heterocycles. The molecule has 0 aliphatic carbocycles. The van der Waals surface area contributed by atoms with E-state index in [2.05, 4.69) is 35.6 Å². The molecule has 4 unspecified atom stereocenters. The van der Waals surface area contributed by atoms with Gasteiger partial charge in [-0.05, 0) is 31.2 Å². The summed E-state index contributed by atoms with van der Waals surface area (Å²) < 4.78 is 0. The molecule has 0 saturated carbocycles. The fourth-order valence-electron chi connectivity index (χ4n) is 3.48. The Bertz CT molecular complexity index is 362. The molecule has 4 atom stereocenters. The van der Waals surface area contributed by atoms with Gasteiger partial charge in [0.2, 0.25) is 0 Å². The van der Waals surface area contributed by atoms with E-state index in [1.54, 1.807) is 0 Å². The van der Waals surface area contributed by atoms with Gasteiger partial charge in [-0.15, -0.1) is 0 Å². The van der Waals surface area contributed by atoms with Gasteiger partial charge in [-0.3, -0.25) is 0 Å². The monoisotopic (exact) mass is 231 g/mol. The Kier molecular flexibility index (Phi) is 3.17. The predicted molar refractivity (Wildman–Crippen MR) is 68.8 cm³/mol. The van der Waals surface area contributed by atoms with Gasteiger partial charge >= 0.3 is 0 Å². The number of aliphatic hydroxyl groups excluding tert-OH is 1. The molecule has 0 amide bonds. The molecule has 2 aliphatic rings. The maximum atomic E-state index is 10.3. The number of piperidine rings is 2. The maximum absolute atomic E-state index is 10.3.